The van der Waals surface area contributed by atoms with Gasteiger partial charge in [0.2, 0.25) is 0 Å². The van der Waals surface area contributed by atoms with Crippen LogP contribution >= 0.6 is 27.3 Å². The van der Waals surface area contributed by atoms with E-state index in [4.69, 9.17) is 9.47 Å². The minimum atomic E-state index is -2.93. The lowest BCUT2D eigenvalue weighted by atomic mass is 9.95. The normalized spacial score (nSPS) is 15.6. The monoisotopic (exact) mass is 592 g/mol. The van der Waals surface area contributed by atoms with Crippen LogP contribution in [0, 0.1) is 0 Å². The van der Waals surface area contributed by atoms with Crippen molar-refractivity contribution in [2.45, 2.75) is 39.5 Å². The van der Waals surface area contributed by atoms with Gasteiger partial charge in [-0.2, -0.15) is 8.78 Å². The van der Waals surface area contributed by atoms with Crippen LogP contribution in [0.25, 0.3) is 6.08 Å². The molecular weight excluding hydrogens is 570 g/mol. The van der Waals surface area contributed by atoms with Crippen LogP contribution < -0.4 is 24.4 Å². The average molecular weight is 593 g/mol. The van der Waals surface area contributed by atoms with Crippen molar-refractivity contribution in [3.05, 3.63) is 89.0 Å². The molecule has 2 heterocycles. The Hall–Kier alpha value is -3.31. The first-order valence-corrected chi connectivity index (χ1v) is 12.8. The number of hydrogen-bond donors (Lipinski definition) is 0. The number of nitrogens with zero attached hydrogens (tertiary/aromatic N) is 2. The zero-order valence-electron chi connectivity index (χ0n) is 20.3. The molecule has 1 aliphatic rings. The zero-order valence-corrected chi connectivity index (χ0v) is 22.7. The summed E-state index contributed by atoms with van der Waals surface area (Å²) in [4.78, 5) is 31.9. The number of allylic oxidation sites excluding steroid dienone is 1. The molecule has 1 aromatic heterocycles. The topological polar surface area (TPSA) is 79.1 Å². The summed E-state index contributed by atoms with van der Waals surface area (Å²) in [6, 6.07) is 10.4. The summed E-state index contributed by atoms with van der Waals surface area (Å²) in [6.45, 7) is 2.27. The van der Waals surface area contributed by atoms with E-state index in [9.17, 15) is 18.4 Å². The van der Waals surface area contributed by atoms with E-state index in [0.29, 0.717) is 31.9 Å². The molecule has 0 fully saturated rings. The summed E-state index contributed by atoms with van der Waals surface area (Å²) in [5, 5.41) is 0. The molecule has 0 spiro atoms. The molecule has 1 aliphatic heterocycles. The number of halogens is 3. The molecule has 1 atom stereocenters. The van der Waals surface area contributed by atoms with Gasteiger partial charge in [-0.3, -0.25) is 9.36 Å². The highest BCUT2D eigenvalue weighted by Crippen LogP contribution is 2.37. The van der Waals surface area contributed by atoms with Gasteiger partial charge in [-0.05, 0) is 62.7 Å². The van der Waals surface area contributed by atoms with E-state index in [1.807, 2.05) is 0 Å². The number of carbonyl (C=O) groups is 1. The fourth-order valence-corrected chi connectivity index (χ4v) is 5.40. The standard InChI is InChI=1S/C26H23BrF2N2O5S/c1-13(2)35-24(33)21-14(3)30-26-31(22(21)18-12-16(27)7-10-19(18)34-4)23(32)20(37-26)11-15-5-8-17(9-6-15)36-25(28)29/h5-13,22,25H,1-4H3/b20-11-/t22-/m0/s1. The van der Waals surface area contributed by atoms with E-state index in [2.05, 4.69) is 25.7 Å². The summed E-state index contributed by atoms with van der Waals surface area (Å²) < 4.78 is 43.0. The van der Waals surface area contributed by atoms with E-state index in [1.54, 1.807) is 57.2 Å². The fraction of sp³-hybridized carbons (Fsp3) is 0.269. The Morgan fingerprint density at radius 3 is 2.51 bits per heavy atom. The lowest BCUT2D eigenvalue weighted by molar-refractivity contribution is -0.143. The first-order valence-electron chi connectivity index (χ1n) is 11.2. The Morgan fingerprint density at radius 2 is 1.89 bits per heavy atom. The number of carbonyl (C=O) groups excluding carboxylic acids is 1. The number of thiazole rings is 1. The van der Waals surface area contributed by atoms with Gasteiger partial charge in [0.25, 0.3) is 5.56 Å². The minimum absolute atomic E-state index is 0.0132. The first-order chi connectivity index (χ1) is 17.6. The number of hydrogen-bond acceptors (Lipinski definition) is 7. The van der Waals surface area contributed by atoms with Crippen LogP contribution in [0.1, 0.15) is 37.9 Å². The Balaban J connectivity index is 1.91. The van der Waals surface area contributed by atoms with Crippen LogP contribution in [0.3, 0.4) is 0 Å². The maximum Gasteiger partial charge on any atom is 0.387 e. The summed E-state index contributed by atoms with van der Waals surface area (Å²) >= 11 is 4.63. The molecule has 2 aromatic carbocycles. The Morgan fingerprint density at radius 1 is 1.19 bits per heavy atom. The van der Waals surface area contributed by atoms with E-state index in [-0.39, 0.29) is 23.0 Å². The van der Waals surface area contributed by atoms with Gasteiger partial charge >= 0.3 is 12.6 Å². The number of esters is 1. The van der Waals surface area contributed by atoms with Gasteiger partial charge in [-0.1, -0.05) is 39.4 Å². The Kier molecular flexibility index (Phi) is 7.93. The number of ether oxygens (including phenoxy) is 3. The molecule has 194 valence electrons. The summed E-state index contributed by atoms with van der Waals surface area (Å²) in [5.74, 6) is -0.0755. The molecule has 0 unspecified atom stereocenters. The number of methoxy groups -OCH3 is 1. The van der Waals surface area contributed by atoms with E-state index in [0.717, 1.165) is 15.8 Å². The second kappa shape index (κ2) is 11.0. The number of aromatic nitrogens is 1. The van der Waals surface area contributed by atoms with Crippen LogP contribution in [0.15, 0.2) is 68.0 Å². The lowest BCUT2D eigenvalue weighted by Crippen LogP contribution is -2.40. The molecule has 3 aromatic rings. The van der Waals surface area contributed by atoms with Gasteiger partial charge in [0.1, 0.15) is 17.5 Å². The number of benzene rings is 2. The van der Waals surface area contributed by atoms with Gasteiger partial charge in [-0.15, -0.1) is 0 Å². The molecule has 0 radical (unpaired) electrons. The van der Waals surface area contributed by atoms with Gasteiger partial charge in [0, 0.05) is 10.0 Å². The van der Waals surface area contributed by atoms with Crippen molar-refractivity contribution < 1.29 is 27.8 Å². The van der Waals surface area contributed by atoms with Crippen molar-refractivity contribution in [3.63, 3.8) is 0 Å². The van der Waals surface area contributed by atoms with Crippen LogP contribution in [0.2, 0.25) is 0 Å². The third-order valence-corrected chi connectivity index (χ3v) is 6.95. The molecule has 0 N–H and O–H groups in total. The third-order valence-electron chi connectivity index (χ3n) is 5.47. The summed E-state index contributed by atoms with van der Waals surface area (Å²) in [6.07, 6.45) is 1.26. The number of alkyl halides is 2. The van der Waals surface area contributed by atoms with Crippen LogP contribution in [-0.2, 0) is 9.53 Å². The van der Waals surface area contributed by atoms with Crippen molar-refractivity contribution in [1.82, 2.24) is 4.57 Å². The van der Waals surface area contributed by atoms with Gasteiger partial charge < -0.3 is 14.2 Å². The summed E-state index contributed by atoms with van der Waals surface area (Å²) in [5.41, 5.74) is 1.49. The average Bonchev–Trinajstić information content (AvgIpc) is 3.12. The molecule has 0 saturated carbocycles. The second-order valence-electron chi connectivity index (χ2n) is 8.37. The highest BCUT2D eigenvalue weighted by Gasteiger charge is 2.35. The van der Waals surface area contributed by atoms with Crippen molar-refractivity contribution in [2.24, 2.45) is 4.99 Å². The van der Waals surface area contributed by atoms with Gasteiger partial charge in [-0.25, -0.2) is 9.79 Å². The van der Waals surface area contributed by atoms with Crippen molar-refractivity contribution in [1.29, 1.82) is 0 Å². The van der Waals surface area contributed by atoms with Crippen LogP contribution in [0.4, 0.5) is 8.78 Å². The molecule has 37 heavy (non-hydrogen) atoms. The van der Waals surface area contributed by atoms with Gasteiger partial charge in [0.15, 0.2) is 4.80 Å². The quantitative estimate of drug-likeness (QED) is 0.376. The first kappa shape index (κ1) is 26.7. The highest BCUT2D eigenvalue weighted by molar-refractivity contribution is 9.10. The van der Waals surface area contributed by atoms with Crippen molar-refractivity contribution in [3.8, 4) is 11.5 Å². The van der Waals surface area contributed by atoms with Crippen LogP contribution in [0.5, 0.6) is 11.5 Å². The highest BCUT2D eigenvalue weighted by atomic mass is 79.9. The predicted octanol–water partition coefficient (Wildman–Crippen LogP) is 4.56. The van der Waals surface area contributed by atoms with Crippen molar-refractivity contribution in [2.75, 3.05) is 7.11 Å². The van der Waals surface area contributed by atoms with E-state index < -0.39 is 18.6 Å². The van der Waals surface area contributed by atoms with Crippen molar-refractivity contribution >= 4 is 39.3 Å². The SMILES string of the molecule is COc1ccc(Br)cc1[C@H]1C(C(=O)OC(C)C)=C(C)N=c2s/c(=C\c3ccc(OC(F)F)cc3)c(=O)n21. The molecule has 4 rings (SSSR count). The van der Waals surface area contributed by atoms with Gasteiger partial charge in [0.05, 0.1) is 29.0 Å². The van der Waals surface area contributed by atoms with E-state index >= 15 is 0 Å². The molecule has 7 nitrogen and oxygen atoms in total. The minimum Gasteiger partial charge on any atom is -0.496 e. The smallest absolute Gasteiger partial charge is 0.387 e. The maximum absolute atomic E-state index is 13.7. The number of rotatable bonds is 7. The largest absolute Gasteiger partial charge is 0.496 e. The molecule has 0 saturated heterocycles. The summed E-state index contributed by atoms with van der Waals surface area (Å²) in [7, 11) is 1.51. The predicted molar refractivity (Wildman–Crippen MR) is 139 cm³/mol. The molecule has 0 bridgehead atoms. The number of fused-ring (bicyclic) bond motifs is 1. The molecular formula is C26H23BrF2N2O5S. The fourth-order valence-electron chi connectivity index (χ4n) is 3.97. The van der Waals surface area contributed by atoms with E-state index in [1.165, 1.54) is 23.8 Å². The zero-order chi connectivity index (χ0) is 26.9. The second-order valence-corrected chi connectivity index (χ2v) is 10.3. The molecule has 11 heteroatoms. The van der Waals surface area contributed by atoms with Crippen LogP contribution in [-0.4, -0.2) is 30.4 Å². The molecule has 0 amide bonds. The Bertz CT molecular complexity index is 1540. The maximum atomic E-state index is 13.7. The third kappa shape index (κ3) is 5.67. The molecule has 0 aliphatic carbocycles. The lowest BCUT2D eigenvalue weighted by Gasteiger charge is -2.26. The Labute approximate surface area is 223 Å².